The van der Waals surface area contributed by atoms with E-state index in [4.69, 9.17) is 6.42 Å². The van der Waals surface area contributed by atoms with Gasteiger partial charge in [-0.25, -0.2) is 9.97 Å². The van der Waals surface area contributed by atoms with E-state index in [1.807, 2.05) is 0 Å². The number of hydrogen-bond acceptors (Lipinski definition) is 2. The Balaban J connectivity index is 2.76. The van der Waals surface area contributed by atoms with Crippen molar-refractivity contribution in [2.45, 2.75) is 6.42 Å². The first-order chi connectivity index (χ1) is 4.43. The Morgan fingerprint density at radius 3 is 3.11 bits per heavy atom. The Morgan fingerprint density at radius 2 is 2.56 bits per heavy atom. The molecule has 0 fully saturated rings. The molecule has 0 aliphatic carbocycles. The van der Waals surface area contributed by atoms with Crippen LogP contribution in [0.4, 0.5) is 0 Å². The van der Waals surface area contributed by atoms with Crippen LogP contribution in [0.5, 0.6) is 0 Å². The van der Waals surface area contributed by atoms with Gasteiger partial charge < -0.3 is 0 Å². The summed E-state index contributed by atoms with van der Waals surface area (Å²) in [6.45, 7) is 0. The standard InChI is InChI=1S/C7H6N2/c1-2-3-7-4-5-8-6-9-7/h1,4-6H,3H2. The van der Waals surface area contributed by atoms with Gasteiger partial charge in [-0.15, -0.1) is 12.3 Å². The lowest BCUT2D eigenvalue weighted by atomic mass is 10.3. The molecule has 9 heavy (non-hydrogen) atoms. The smallest absolute Gasteiger partial charge is 0.115 e. The Morgan fingerprint density at radius 1 is 1.67 bits per heavy atom. The van der Waals surface area contributed by atoms with E-state index >= 15 is 0 Å². The molecule has 1 aromatic heterocycles. The van der Waals surface area contributed by atoms with Crippen LogP contribution >= 0.6 is 0 Å². The van der Waals surface area contributed by atoms with Crippen LogP contribution in [0.3, 0.4) is 0 Å². The summed E-state index contributed by atoms with van der Waals surface area (Å²) < 4.78 is 0. The van der Waals surface area contributed by atoms with Gasteiger partial charge in [0.1, 0.15) is 6.33 Å². The summed E-state index contributed by atoms with van der Waals surface area (Å²) >= 11 is 0. The van der Waals surface area contributed by atoms with Gasteiger partial charge >= 0.3 is 0 Å². The maximum atomic E-state index is 5.05. The fraction of sp³-hybridized carbons (Fsp3) is 0.143. The van der Waals surface area contributed by atoms with E-state index in [0.717, 1.165) is 5.69 Å². The van der Waals surface area contributed by atoms with Crippen molar-refractivity contribution in [3.05, 3.63) is 24.3 Å². The monoisotopic (exact) mass is 118 g/mol. The summed E-state index contributed by atoms with van der Waals surface area (Å²) in [6, 6.07) is 1.81. The van der Waals surface area contributed by atoms with Gasteiger partial charge in [0, 0.05) is 6.20 Å². The zero-order chi connectivity index (χ0) is 6.53. The Bertz CT molecular complexity index is 210. The third-order valence-corrected chi connectivity index (χ3v) is 0.926. The molecule has 0 aliphatic rings. The lowest BCUT2D eigenvalue weighted by Crippen LogP contribution is -1.85. The molecule has 1 rings (SSSR count). The molecule has 0 unspecified atom stereocenters. The molecule has 1 aromatic rings. The molecule has 0 spiro atoms. The van der Waals surface area contributed by atoms with E-state index < -0.39 is 0 Å². The second kappa shape index (κ2) is 2.83. The molecule has 0 aliphatic heterocycles. The summed E-state index contributed by atoms with van der Waals surface area (Å²) in [5, 5.41) is 0. The van der Waals surface area contributed by atoms with Gasteiger partial charge in [-0.2, -0.15) is 0 Å². The SMILES string of the molecule is C#CCc1ccncn1. The van der Waals surface area contributed by atoms with E-state index in [-0.39, 0.29) is 0 Å². The molecular formula is C7H6N2. The Kier molecular flexibility index (Phi) is 1.81. The molecule has 1 heterocycles. The molecule has 0 amide bonds. The fourth-order valence-corrected chi connectivity index (χ4v) is 0.527. The lowest BCUT2D eigenvalue weighted by molar-refractivity contribution is 1.06. The fourth-order valence-electron chi connectivity index (χ4n) is 0.527. The van der Waals surface area contributed by atoms with Gasteiger partial charge in [0.25, 0.3) is 0 Å². The molecule has 2 heteroatoms. The van der Waals surface area contributed by atoms with Crippen LogP contribution < -0.4 is 0 Å². The summed E-state index contributed by atoms with van der Waals surface area (Å²) in [7, 11) is 0. The average Bonchev–Trinajstić information content (AvgIpc) is 1.91. The molecule has 0 bridgehead atoms. The van der Waals surface area contributed by atoms with Crippen LogP contribution in [-0.2, 0) is 6.42 Å². The number of terminal acetylenes is 1. The minimum Gasteiger partial charge on any atom is -0.245 e. The summed E-state index contributed by atoms with van der Waals surface area (Å²) in [4.78, 5) is 7.66. The van der Waals surface area contributed by atoms with Crippen molar-refractivity contribution >= 4 is 0 Å². The van der Waals surface area contributed by atoms with Crippen molar-refractivity contribution in [1.29, 1.82) is 0 Å². The predicted molar refractivity (Wildman–Crippen MR) is 34.6 cm³/mol. The molecule has 0 atom stereocenters. The first-order valence-electron chi connectivity index (χ1n) is 2.62. The van der Waals surface area contributed by atoms with Crippen molar-refractivity contribution < 1.29 is 0 Å². The van der Waals surface area contributed by atoms with Crippen molar-refractivity contribution in [2.75, 3.05) is 0 Å². The van der Waals surface area contributed by atoms with Crippen LogP contribution in [0.2, 0.25) is 0 Å². The van der Waals surface area contributed by atoms with E-state index in [1.165, 1.54) is 6.33 Å². The van der Waals surface area contributed by atoms with Crippen LogP contribution in [0.1, 0.15) is 5.69 Å². The first kappa shape index (κ1) is 5.77. The molecule has 0 aromatic carbocycles. The van der Waals surface area contributed by atoms with Gasteiger partial charge in [0.2, 0.25) is 0 Å². The van der Waals surface area contributed by atoms with Gasteiger partial charge in [-0.05, 0) is 6.07 Å². The normalized spacial score (nSPS) is 8.33. The molecule has 44 valence electrons. The lowest BCUT2D eigenvalue weighted by Gasteiger charge is -1.87. The number of rotatable bonds is 1. The zero-order valence-corrected chi connectivity index (χ0v) is 4.91. The number of nitrogens with zero attached hydrogens (tertiary/aromatic N) is 2. The highest BCUT2D eigenvalue weighted by atomic mass is 14.8. The predicted octanol–water partition coefficient (Wildman–Crippen LogP) is 0.652. The minimum absolute atomic E-state index is 0.586. The van der Waals surface area contributed by atoms with Gasteiger partial charge in [-0.1, -0.05) is 0 Å². The first-order valence-corrected chi connectivity index (χ1v) is 2.62. The Labute approximate surface area is 54.0 Å². The minimum atomic E-state index is 0.586. The highest BCUT2D eigenvalue weighted by Crippen LogP contribution is 1.89. The molecule has 0 radical (unpaired) electrons. The summed E-state index contributed by atoms with van der Waals surface area (Å²) in [6.07, 6.45) is 8.81. The third kappa shape index (κ3) is 1.54. The highest BCUT2D eigenvalue weighted by molar-refractivity contribution is 5.06. The zero-order valence-electron chi connectivity index (χ0n) is 4.91. The summed E-state index contributed by atoms with van der Waals surface area (Å²) in [5.74, 6) is 2.49. The quantitative estimate of drug-likeness (QED) is 0.506. The summed E-state index contributed by atoms with van der Waals surface area (Å²) in [5.41, 5.74) is 0.896. The van der Waals surface area contributed by atoms with Crippen LogP contribution in [-0.4, -0.2) is 9.97 Å². The highest BCUT2D eigenvalue weighted by Gasteiger charge is 1.85. The topological polar surface area (TPSA) is 25.8 Å². The van der Waals surface area contributed by atoms with Crippen molar-refractivity contribution in [1.82, 2.24) is 9.97 Å². The molecule has 2 nitrogen and oxygen atoms in total. The van der Waals surface area contributed by atoms with Crippen LogP contribution in [0.15, 0.2) is 18.6 Å². The average molecular weight is 118 g/mol. The second-order valence-corrected chi connectivity index (χ2v) is 1.58. The van der Waals surface area contributed by atoms with Crippen molar-refractivity contribution in [2.24, 2.45) is 0 Å². The van der Waals surface area contributed by atoms with E-state index in [0.29, 0.717) is 6.42 Å². The molecular weight excluding hydrogens is 112 g/mol. The molecule has 0 saturated heterocycles. The van der Waals surface area contributed by atoms with Gasteiger partial charge in [-0.3, -0.25) is 0 Å². The van der Waals surface area contributed by atoms with Crippen LogP contribution in [0.25, 0.3) is 0 Å². The van der Waals surface area contributed by atoms with E-state index in [1.54, 1.807) is 12.3 Å². The third-order valence-electron chi connectivity index (χ3n) is 0.926. The molecule has 0 saturated carbocycles. The van der Waals surface area contributed by atoms with E-state index in [9.17, 15) is 0 Å². The molecule has 0 N–H and O–H groups in total. The maximum Gasteiger partial charge on any atom is 0.115 e. The van der Waals surface area contributed by atoms with E-state index in [2.05, 4.69) is 15.9 Å². The van der Waals surface area contributed by atoms with Crippen molar-refractivity contribution in [3.63, 3.8) is 0 Å². The maximum absolute atomic E-state index is 5.05. The second-order valence-electron chi connectivity index (χ2n) is 1.58. The largest absolute Gasteiger partial charge is 0.245 e. The van der Waals surface area contributed by atoms with Crippen molar-refractivity contribution in [3.8, 4) is 12.3 Å². The van der Waals surface area contributed by atoms with Crippen LogP contribution in [0, 0.1) is 12.3 Å². The number of aromatic nitrogens is 2. The Hall–Kier alpha value is -1.36. The number of hydrogen-bond donors (Lipinski definition) is 0. The van der Waals surface area contributed by atoms with Gasteiger partial charge in [0.05, 0.1) is 12.1 Å². The van der Waals surface area contributed by atoms with Gasteiger partial charge in [0.15, 0.2) is 0 Å².